The molecule has 0 radical (unpaired) electrons. The minimum Gasteiger partial charge on any atom is -0.456 e. The first kappa shape index (κ1) is 24.3. The number of anilines is 2. The van der Waals surface area contributed by atoms with Gasteiger partial charge in [-0.3, -0.25) is 0 Å². The second kappa shape index (κ2) is 8.80. The van der Waals surface area contributed by atoms with E-state index in [4.69, 9.17) is 4.42 Å². The van der Waals surface area contributed by atoms with Gasteiger partial charge >= 0.3 is 6.85 Å². The summed E-state index contributed by atoms with van der Waals surface area (Å²) in [5.74, 6) is 0. The van der Waals surface area contributed by atoms with Gasteiger partial charge in [-0.2, -0.15) is 0 Å². The third-order valence-corrected chi connectivity index (χ3v) is 10.2. The van der Waals surface area contributed by atoms with Crippen molar-refractivity contribution in [2.75, 3.05) is 4.81 Å². The van der Waals surface area contributed by atoms with Gasteiger partial charge in [0, 0.05) is 49.7 Å². The van der Waals surface area contributed by atoms with Crippen molar-refractivity contribution in [2.45, 2.75) is 0 Å². The maximum Gasteiger partial charge on any atom is 0.329 e. The lowest BCUT2D eigenvalue weighted by atomic mass is 9.43. The zero-order valence-electron chi connectivity index (χ0n) is 24.8. The van der Waals surface area contributed by atoms with Gasteiger partial charge in [0.15, 0.2) is 0 Å². The molecule has 11 rings (SSSR count). The molecule has 46 heavy (non-hydrogen) atoms. The Morgan fingerprint density at radius 2 is 1.13 bits per heavy atom. The molecule has 4 heterocycles. The van der Waals surface area contributed by atoms with Gasteiger partial charge in [0.2, 0.25) is 0 Å². The molecule has 0 bridgehead atoms. The van der Waals surface area contributed by atoms with Crippen LogP contribution in [0.4, 0.5) is 11.4 Å². The highest BCUT2D eigenvalue weighted by Crippen LogP contribution is 2.51. The Morgan fingerprint density at radius 3 is 1.96 bits per heavy atom. The first-order valence-corrected chi connectivity index (χ1v) is 15.9. The highest BCUT2D eigenvalue weighted by atomic mass is 16.3. The van der Waals surface area contributed by atoms with Gasteiger partial charge in [0.05, 0.1) is 11.0 Å². The number of para-hydroxylation sites is 3. The number of hydrogen-bond acceptors (Lipinski definition) is 2. The summed E-state index contributed by atoms with van der Waals surface area (Å²) < 4.78 is 8.95. The molecule has 3 nitrogen and oxygen atoms in total. The van der Waals surface area contributed by atoms with E-state index in [1.807, 2.05) is 6.07 Å². The molecule has 2 aliphatic heterocycles. The van der Waals surface area contributed by atoms with Crippen LogP contribution in [0, 0.1) is 0 Å². The molecule has 0 amide bonds. The Hall–Kier alpha value is -6.00. The van der Waals surface area contributed by atoms with Crippen molar-refractivity contribution in [3.63, 3.8) is 0 Å². The number of fused-ring (bicyclic) bond motifs is 18. The summed E-state index contributed by atoms with van der Waals surface area (Å²) in [5.41, 5.74) is 15.6. The van der Waals surface area contributed by atoms with E-state index in [1.54, 1.807) is 0 Å². The van der Waals surface area contributed by atoms with E-state index >= 15 is 0 Å². The number of furan rings is 1. The average molecular weight is 584 g/mol. The first-order chi connectivity index (χ1) is 22.8. The molecular weight excluding hydrogens is 559 g/mol. The molecule has 9 aromatic rings. The van der Waals surface area contributed by atoms with Crippen LogP contribution in [0.15, 0.2) is 156 Å². The van der Waals surface area contributed by atoms with Gasteiger partial charge in [-0.25, -0.2) is 0 Å². The number of rotatable bonds is 1. The molecule has 0 saturated heterocycles. The normalized spacial score (nSPS) is 13.1. The molecule has 7 aromatic carbocycles. The number of hydrogen-bond donors (Lipinski definition) is 0. The average Bonchev–Trinajstić information content (AvgIpc) is 3.65. The van der Waals surface area contributed by atoms with Crippen LogP contribution in [-0.2, 0) is 0 Å². The predicted octanol–water partition coefficient (Wildman–Crippen LogP) is 9.59. The summed E-state index contributed by atoms with van der Waals surface area (Å²) in [4.78, 5) is 2.62. The van der Waals surface area contributed by atoms with Crippen molar-refractivity contribution in [3.05, 3.63) is 152 Å². The maximum absolute atomic E-state index is 6.51. The predicted molar refractivity (Wildman–Crippen MR) is 193 cm³/mol. The molecule has 0 aliphatic carbocycles. The summed E-state index contributed by atoms with van der Waals surface area (Å²) >= 11 is 0. The minimum atomic E-state index is 0.0467. The summed E-state index contributed by atoms with van der Waals surface area (Å²) in [5, 5.41) is 4.71. The molecule has 212 valence electrons. The largest absolute Gasteiger partial charge is 0.456 e. The van der Waals surface area contributed by atoms with Gasteiger partial charge in [-0.1, -0.05) is 109 Å². The zero-order chi connectivity index (χ0) is 29.9. The molecule has 0 spiro atoms. The minimum absolute atomic E-state index is 0.0467. The monoisotopic (exact) mass is 584 g/mol. The second-order valence-corrected chi connectivity index (χ2v) is 12.5. The molecule has 0 saturated carbocycles. The van der Waals surface area contributed by atoms with E-state index in [9.17, 15) is 0 Å². The zero-order valence-corrected chi connectivity index (χ0v) is 24.8. The van der Waals surface area contributed by atoms with E-state index < -0.39 is 0 Å². The van der Waals surface area contributed by atoms with Crippen LogP contribution in [0.5, 0.6) is 0 Å². The van der Waals surface area contributed by atoms with E-state index in [0.29, 0.717) is 0 Å². The molecule has 0 unspecified atom stereocenters. The first-order valence-electron chi connectivity index (χ1n) is 15.9. The van der Waals surface area contributed by atoms with E-state index in [-0.39, 0.29) is 6.85 Å². The number of benzene rings is 7. The van der Waals surface area contributed by atoms with Crippen molar-refractivity contribution in [1.82, 2.24) is 4.57 Å². The summed E-state index contributed by atoms with van der Waals surface area (Å²) in [6.45, 7) is 0.0467. The third-order valence-electron chi connectivity index (χ3n) is 10.2. The standard InChI is InChI=1S/C42H25BN2O/c1-2-12-26(13-3-1)44-37-23-22-31-28-15-5-9-19-35(28)43-34-18-8-4-14-27(34)29-16-6-10-20-36(29)45(43)42(31)41(37)33-25-40-32(24-38(33)44)30-17-7-11-21-39(30)46-40/h1-25H. The molecule has 2 aromatic heterocycles. The second-order valence-electron chi connectivity index (χ2n) is 12.5. The molecule has 0 fully saturated rings. The van der Waals surface area contributed by atoms with E-state index in [2.05, 4.69) is 155 Å². The Kier molecular flexibility index (Phi) is 4.66. The SMILES string of the molecule is c1ccc(-n2c3cc4c(cc3c3c5c(ccc32)-c2ccccc2B2c3ccccc3-c3ccccc3N25)oc2ccccc24)cc1. The lowest BCUT2D eigenvalue weighted by molar-refractivity contribution is 0.669. The Labute approximate surface area is 265 Å². The fourth-order valence-corrected chi connectivity index (χ4v) is 8.34. The third kappa shape index (κ3) is 3.03. The van der Waals surface area contributed by atoms with E-state index in [1.165, 1.54) is 66.4 Å². The van der Waals surface area contributed by atoms with E-state index in [0.717, 1.165) is 27.6 Å². The van der Waals surface area contributed by atoms with Crippen molar-refractivity contribution in [2.24, 2.45) is 0 Å². The lowest BCUT2D eigenvalue weighted by Crippen LogP contribution is -2.59. The highest BCUT2D eigenvalue weighted by Gasteiger charge is 2.43. The van der Waals surface area contributed by atoms with Crippen LogP contribution in [0.1, 0.15) is 0 Å². The quantitative estimate of drug-likeness (QED) is 0.179. The van der Waals surface area contributed by atoms with Crippen molar-refractivity contribution in [1.29, 1.82) is 0 Å². The fourth-order valence-electron chi connectivity index (χ4n) is 8.34. The molecule has 2 aliphatic rings. The highest BCUT2D eigenvalue weighted by molar-refractivity contribution is 6.92. The molecule has 4 heteroatoms. The van der Waals surface area contributed by atoms with Crippen molar-refractivity contribution < 1.29 is 4.42 Å². The summed E-state index contributed by atoms with van der Waals surface area (Å²) in [7, 11) is 0. The molecule has 0 N–H and O–H groups in total. The summed E-state index contributed by atoms with van der Waals surface area (Å²) in [6, 6.07) is 55.2. The Morgan fingerprint density at radius 1 is 0.457 bits per heavy atom. The van der Waals surface area contributed by atoms with Crippen LogP contribution < -0.4 is 15.7 Å². The van der Waals surface area contributed by atoms with Gasteiger partial charge in [-0.15, -0.1) is 0 Å². The van der Waals surface area contributed by atoms with Crippen LogP contribution in [0.2, 0.25) is 0 Å². The van der Waals surface area contributed by atoms with Gasteiger partial charge < -0.3 is 13.8 Å². The Bertz CT molecular complexity index is 2720. The van der Waals surface area contributed by atoms with Gasteiger partial charge in [0.1, 0.15) is 11.2 Å². The van der Waals surface area contributed by atoms with Gasteiger partial charge in [0.25, 0.3) is 0 Å². The summed E-state index contributed by atoms with van der Waals surface area (Å²) in [6.07, 6.45) is 0. The fraction of sp³-hybridized carbons (Fsp3) is 0. The van der Waals surface area contributed by atoms with Crippen LogP contribution in [0.3, 0.4) is 0 Å². The van der Waals surface area contributed by atoms with Crippen molar-refractivity contribution >= 4 is 72.9 Å². The molecular formula is C42H25BN2O. The smallest absolute Gasteiger partial charge is 0.329 e. The lowest BCUT2D eigenvalue weighted by Gasteiger charge is -2.43. The number of nitrogens with zero attached hydrogens (tertiary/aromatic N) is 2. The van der Waals surface area contributed by atoms with Crippen molar-refractivity contribution in [3.8, 4) is 27.9 Å². The Balaban J connectivity index is 1.36. The molecule has 0 atom stereocenters. The maximum atomic E-state index is 6.51. The van der Waals surface area contributed by atoms with Crippen LogP contribution in [0.25, 0.3) is 71.7 Å². The van der Waals surface area contributed by atoms with Gasteiger partial charge in [-0.05, 0) is 64.5 Å². The number of aromatic nitrogens is 1. The van der Waals surface area contributed by atoms with Crippen LogP contribution >= 0.6 is 0 Å². The topological polar surface area (TPSA) is 21.3 Å². The van der Waals surface area contributed by atoms with Crippen LogP contribution in [-0.4, -0.2) is 11.4 Å².